The number of amides is 1. The molecule has 1 fully saturated rings. The largest absolute Gasteiger partial charge is 0.471 e. The Morgan fingerprint density at radius 3 is 2.06 bits per heavy atom. The molecule has 0 radical (unpaired) electrons. The molecule has 0 spiro atoms. The first-order valence-corrected chi connectivity index (χ1v) is 10.0. The summed E-state index contributed by atoms with van der Waals surface area (Å²) in [4.78, 5) is 46.5. The molecule has 1 aliphatic heterocycles. The molecular formula is C21H24F3NO9. The molecule has 0 aliphatic carbocycles. The SMILES string of the molecule is CC(=O)OC[C@@H]1O[C@@H](OCc2ccccc2)[C@@H](OC(C)=O)[C@@H](NC(=O)C(F)(F)F)[C@H]1OC(C)=O. The lowest BCUT2D eigenvalue weighted by Crippen LogP contribution is -2.68. The van der Waals surface area contributed by atoms with E-state index < -0.39 is 67.2 Å². The first-order valence-electron chi connectivity index (χ1n) is 10.0. The van der Waals surface area contributed by atoms with Gasteiger partial charge in [0.15, 0.2) is 18.5 Å². The molecule has 34 heavy (non-hydrogen) atoms. The minimum absolute atomic E-state index is 0.109. The number of hydrogen-bond acceptors (Lipinski definition) is 9. The van der Waals surface area contributed by atoms with Crippen LogP contribution in [0.15, 0.2) is 30.3 Å². The Labute approximate surface area is 192 Å². The van der Waals surface area contributed by atoms with E-state index in [9.17, 15) is 32.3 Å². The minimum Gasteiger partial charge on any atom is -0.463 e. The van der Waals surface area contributed by atoms with Gasteiger partial charge in [-0.15, -0.1) is 0 Å². The Balaban J connectivity index is 2.43. The predicted molar refractivity (Wildman–Crippen MR) is 106 cm³/mol. The van der Waals surface area contributed by atoms with Crippen LogP contribution in [0.3, 0.4) is 0 Å². The number of carbonyl (C=O) groups is 4. The normalized spacial score (nSPS) is 24.6. The number of hydrogen-bond donors (Lipinski definition) is 1. The molecule has 0 unspecified atom stereocenters. The highest BCUT2D eigenvalue weighted by Gasteiger charge is 2.53. The molecule has 188 valence electrons. The molecular weight excluding hydrogens is 467 g/mol. The molecule has 1 aromatic rings. The molecule has 0 saturated carbocycles. The topological polar surface area (TPSA) is 126 Å². The van der Waals surface area contributed by atoms with Crippen LogP contribution in [0.25, 0.3) is 0 Å². The fraction of sp³-hybridized carbons (Fsp3) is 0.524. The van der Waals surface area contributed by atoms with Gasteiger partial charge in [0.1, 0.15) is 18.8 Å². The third kappa shape index (κ3) is 7.99. The van der Waals surface area contributed by atoms with E-state index in [0.717, 1.165) is 20.8 Å². The average Bonchev–Trinajstić information content (AvgIpc) is 2.73. The molecule has 1 saturated heterocycles. The molecule has 1 amide bonds. The maximum atomic E-state index is 13.0. The summed E-state index contributed by atoms with van der Waals surface area (Å²) in [6.45, 7) is 2.38. The summed E-state index contributed by atoms with van der Waals surface area (Å²) in [6.07, 6.45) is -11.4. The highest BCUT2D eigenvalue weighted by molar-refractivity contribution is 5.82. The zero-order valence-electron chi connectivity index (χ0n) is 18.5. The lowest BCUT2D eigenvalue weighted by molar-refractivity contribution is -0.289. The minimum atomic E-state index is -5.30. The van der Waals surface area contributed by atoms with Crippen molar-refractivity contribution < 1.29 is 56.0 Å². The highest BCUT2D eigenvalue weighted by Crippen LogP contribution is 2.29. The first kappa shape index (κ1) is 27.1. The van der Waals surface area contributed by atoms with E-state index in [0.29, 0.717) is 5.56 Å². The van der Waals surface area contributed by atoms with Gasteiger partial charge in [-0.25, -0.2) is 0 Å². The van der Waals surface area contributed by atoms with Gasteiger partial charge in [-0.05, 0) is 5.56 Å². The van der Waals surface area contributed by atoms with E-state index in [2.05, 4.69) is 0 Å². The van der Waals surface area contributed by atoms with Crippen molar-refractivity contribution in [3.63, 3.8) is 0 Å². The van der Waals surface area contributed by atoms with Crippen LogP contribution >= 0.6 is 0 Å². The number of carbonyl (C=O) groups excluding carboxylic acids is 4. The Kier molecular flexibility index (Phi) is 9.38. The standard InChI is InChI=1S/C21H24F3NO9/c1-11(26)30-10-15-17(32-12(2)27)16(25-20(29)21(22,23)24)18(33-13(3)28)19(34-15)31-9-14-7-5-4-6-8-14/h4-8,15-19H,9-10H2,1-3H3,(H,25,29)/t15-,16-,17-,18-,19+/m0/s1. The summed E-state index contributed by atoms with van der Waals surface area (Å²) in [5.74, 6) is -4.97. The second-order valence-electron chi connectivity index (χ2n) is 7.29. The third-order valence-corrected chi connectivity index (χ3v) is 4.52. The van der Waals surface area contributed by atoms with Gasteiger partial charge in [0.2, 0.25) is 0 Å². The van der Waals surface area contributed by atoms with Crippen molar-refractivity contribution in [3.05, 3.63) is 35.9 Å². The van der Waals surface area contributed by atoms with Crippen molar-refractivity contribution >= 4 is 23.8 Å². The van der Waals surface area contributed by atoms with Crippen LogP contribution in [-0.2, 0) is 49.5 Å². The molecule has 1 aromatic carbocycles. The van der Waals surface area contributed by atoms with Gasteiger partial charge >= 0.3 is 30.0 Å². The van der Waals surface area contributed by atoms with Gasteiger partial charge in [0.05, 0.1) is 6.61 Å². The maximum absolute atomic E-state index is 13.0. The Bertz CT molecular complexity index is 878. The average molecular weight is 491 g/mol. The fourth-order valence-corrected chi connectivity index (χ4v) is 3.19. The van der Waals surface area contributed by atoms with Crippen molar-refractivity contribution in [1.82, 2.24) is 5.32 Å². The van der Waals surface area contributed by atoms with E-state index in [1.807, 2.05) is 0 Å². The molecule has 2 rings (SSSR count). The summed E-state index contributed by atoms with van der Waals surface area (Å²) in [6, 6.07) is 6.84. The molecule has 10 nitrogen and oxygen atoms in total. The van der Waals surface area contributed by atoms with Gasteiger partial charge < -0.3 is 29.0 Å². The van der Waals surface area contributed by atoms with E-state index in [-0.39, 0.29) is 6.61 Å². The Morgan fingerprint density at radius 1 is 0.941 bits per heavy atom. The number of halogens is 3. The van der Waals surface area contributed by atoms with Gasteiger partial charge in [0, 0.05) is 20.8 Å². The summed E-state index contributed by atoms with van der Waals surface area (Å²) in [7, 11) is 0. The Hall–Kier alpha value is -3.19. The number of ether oxygens (including phenoxy) is 5. The van der Waals surface area contributed by atoms with Crippen LogP contribution in [0.4, 0.5) is 13.2 Å². The number of nitrogens with one attached hydrogen (secondary N) is 1. The number of alkyl halides is 3. The second-order valence-corrected chi connectivity index (χ2v) is 7.29. The summed E-state index contributed by atoms with van der Waals surface area (Å²) < 4.78 is 65.6. The molecule has 1 heterocycles. The van der Waals surface area contributed by atoms with Crippen molar-refractivity contribution in [1.29, 1.82) is 0 Å². The maximum Gasteiger partial charge on any atom is 0.471 e. The van der Waals surface area contributed by atoms with Crippen molar-refractivity contribution in [2.24, 2.45) is 0 Å². The fourth-order valence-electron chi connectivity index (χ4n) is 3.19. The lowest BCUT2D eigenvalue weighted by atomic mass is 9.95. The molecule has 5 atom stereocenters. The Morgan fingerprint density at radius 2 is 1.53 bits per heavy atom. The number of esters is 3. The van der Waals surface area contributed by atoms with Crippen LogP contribution in [0.1, 0.15) is 26.3 Å². The first-order chi connectivity index (χ1) is 15.9. The van der Waals surface area contributed by atoms with Crippen molar-refractivity contribution in [2.75, 3.05) is 6.61 Å². The molecule has 1 N–H and O–H groups in total. The van der Waals surface area contributed by atoms with Gasteiger partial charge in [-0.2, -0.15) is 13.2 Å². The van der Waals surface area contributed by atoms with Crippen LogP contribution in [0.2, 0.25) is 0 Å². The quantitative estimate of drug-likeness (QED) is 0.424. The monoisotopic (exact) mass is 491 g/mol. The highest BCUT2D eigenvalue weighted by atomic mass is 19.4. The van der Waals surface area contributed by atoms with E-state index in [1.54, 1.807) is 35.6 Å². The van der Waals surface area contributed by atoms with Crippen LogP contribution in [0, 0.1) is 0 Å². The van der Waals surface area contributed by atoms with E-state index in [1.165, 1.54) is 0 Å². The molecule has 0 aromatic heterocycles. The van der Waals surface area contributed by atoms with Gasteiger partial charge in [-0.3, -0.25) is 19.2 Å². The van der Waals surface area contributed by atoms with Crippen LogP contribution in [0.5, 0.6) is 0 Å². The zero-order chi connectivity index (χ0) is 25.5. The third-order valence-electron chi connectivity index (χ3n) is 4.52. The van der Waals surface area contributed by atoms with Crippen molar-refractivity contribution in [2.45, 2.75) is 64.2 Å². The molecule has 1 aliphatic rings. The number of benzene rings is 1. The van der Waals surface area contributed by atoms with Crippen molar-refractivity contribution in [3.8, 4) is 0 Å². The summed E-state index contributed by atoms with van der Waals surface area (Å²) in [5.41, 5.74) is 0.655. The van der Waals surface area contributed by atoms with E-state index >= 15 is 0 Å². The lowest BCUT2D eigenvalue weighted by Gasteiger charge is -2.45. The molecule has 0 bridgehead atoms. The number of rotatable bonds is 8. The summed E-state index contributed by atoms with van der Waals surface area (Å²) in [5, 5.41) is 1.70. The van der Waals surface area contributed by atoms with E-state index in [4.69, 9.17) is 23.7 Å². The second kappa shape index (κ2) is 11.8. The van der Waals surface area contributed by atoms with Crippen LogP contribution in [-0.4, -0.2) is 67.2 Å². The predicted octanol–water partition coefficient (Wildman–Crippen LogP) is 1.40. The molecule has 13 heteroatoms. The van der Waals surface area contributed by atoms with Gasteiger partial charge in [0.25, 0.3) is 0 Å². The zero-order valence-corrected chi connectivity index (χ0v) is 18.5. The van der Waals surface area contributed by atoms with Crippen LogP contribution < -0.4 is 5.32 Å². The van der Waals surface area contributed by atoms with Gasteiger partial charge in [-0.1, -0.05) is 30.3 Å². The summed E-state index contributed by atoms with van der Waals surface area (Å²) >= 11 is 0. The smallest absolute Gasteiger partial charge is 0.463 e.